The highest BCUT2D eigenvalue weighted by molar-refractivity contribution is 7.84. The minimum absolute atomic E-state index is 0.693. The number of hydrogen-bond donors (Lipinski definition) is 1. The maximum atomic E-state index is 10.9. The van der Waals surface area contributed by atoms with Crippen molar-refractivity contribution >= 4 is 10.8 Å². The molecule has 0 saturated carbocycles. The fourth-order valence-corrected chi connectivity index (χ4v) is 2.24. The van der Waals surface area contributed by atoms with E-state index < -0.39 is 10.8 Å². The minimum atomic E-state index is -0.728. The van der Waals surface area contributed by atoms with Crippen molar-refractivity contribution in [3.8, 4) is 0 Å². The molecule has 102 valence electrons. The SMILES string of the molecule is CS(=O)CCNCc1cnn(Cc2ccccc2)c1. The Morgan fingerprint density at radius 1 is 1.26 bits per heavy atom. The van der Waals surface area contributed by atoms with Crippen LogP contribution in [0.5, 0.6) is 0 Å². The topological polar surface area (TPSA) is 46.9 Å². The molecule has 5 heteroatoms. The van der Waals surface area contributed by atoms with Crippen LogP contribution in [0.1, 0.15) is 11.1 Å². The van der Waals surface area contributed by atoms with Gasteiger partial charge in [0.25, 0.3) is 0 Å². The number of hydrogen-bond acceptors (Lipinski definition) is 3. The van der Waals surface area contributed by atoms with Crippen molar-refractivity contribution in [3.63, 3.8) is 0 Å². The lowest BCUT2D eigenvalue weighted by atomic mass is 10.2. The van der Waals surface area contributed by atoms with E-state index in [4.69, 9.17) is 0 Å². The van der Waals surface area contributed by atoms with Gasteiger partial charge in [0.05, 0.1) is 12.7 Å². The monoisotopic (exact) mass is 277 g/mol. The highest BCUT2D eigenvalue weighted by Crippen LogP contribution is 2.03. The van der Waals surface area contributed by atoms with E-state index in [1.807, 2.05) is 35.3 Å². The molecule has 0 aliphatic rings. The molecule has 0 spiro atoms. The molecule has 1 atom stereocenters. The van der Waals surface area contributed by atoms with Crippen molar-refractivity contribution in [2.75, 3.05) is 18.6 Å². The zero-order valence-electron chi connectivity index (χ0n) is 11.1. The second kappa shape index (κ2) is 7.21. The van der Waals surface area contributed by atoms with E-state index >= 15 is 0 Å². The van der Waals surface area contributed by atoms with E-state index in [1.54, 1.807) is 6.26 Å². The van der Waals surface area contributed by atoms with Gasteiger partial charge >= 0.3 is 0 Å². The van der Waals surface area contributed by atoms with Crippen molar-refractivity contribution in [3.05, 3.63) is 53.9 Å². The number of nitrogens with zero attached hydrogens (tertiary/aromatic N) is 2. The fourth-order valence-electron chi connectivity index (χ4n) is 1.80. The molecule has 1 heterocycles. The molecule has 0 aliphatic carbocycles. The molecule has 0 aliphatic heterocycles. The van der Waals surface area contributed by atoms with Gasteiger partial charge in [0.2, 0.25) is 0 Å². The summed E-state index contributed by atoms with van der Waals surface area (Å²) < 4.78 is 12.9. The summed E-state index contributed by atoms with van der Waals surface area (Å²) in [5, 5.41) is 7.61. The zero-order chi connectivity index (χ0) is 13.5. The molecule has 1 aromatic carbocycles. The Morgan fingerprint density at radius 2 is 2.05 bits per heavy atom. The second-order valence-electron chi connectivity index (χ2n) is 4.49. The Labute approximate surface area is 116 Å². The van der Waals surface area contributed by atoms with Gasteiger partial charge in [-0.25, -0.2) is 0 Å². The summed E-state index contributed by atoms with van der Waals surface area (Å²) in [5.74, 6) is 0.693. The lowest BCUT2D eigenvalue weighted by Crippen LogP contribution is -2.19. The molecule has 0 radical (unpaired) electrons. The Balaban J connectivity index is 1.80. The van der Waals surface area contributed by atoms with Crippen molar-refractivity contribution in [2.45, 2.75) is 13.1 Å². The molecule has 19 heavy (non-hydrogen) atoms. The molecule has 1 unspecified atom stereocenters. The van der Waals surface area contributed by atoms with Crippen LogP contribution in [0, 0.1) is 0 Å². The molecule has 4 nitrogen and oxygen atoms in total. The first kappa shape index (κ1) is 14.0. The van der Waals surface area contributed by atoms with Gasteiger partial charge in [0.1, 0.15) is 0 Å². The van der Waals surface area contributed by atoms with Gasteiger partial charge in [-0.1, -0.05) is 30.3 Å². The summed E-state index contributed by atoms with van der Waals surface area (Å²) >= 11 is 0. The highest BCUT2D eigenvalue weighted by Gasteiger charge is 1.99. The van der Waals surface area contributed by atoms with Crippen LogP contribution >= 0.6 is 0 Å². The zero-order valence-corrected chi connectivity index (χ0v) is 11.9. The Morgan fingerprint density at radius 3 is 2.79 bits per heavy atom. The summed E-state index contributed by atoms with van der Waals surface area (Å²) in [7, 11) is -0.728. The molecule has 0 saturated heterocycles. The van der Waals surface area contributed by atoms with Crippen LogP contribution in [-0.4, -0.2) is 32.5 Å². The van der Waals surface area contributed by atoms with Crippen LogP contribution in [-0.2, 0) is 23.9 Å². The third kappa shape index (κ3) is 4.96. The minimum Gasteiger partial charge on any atom is -0.312 e. The standard InChI is InChI=1S/C14H19N3OS/c1-19(18)8-7-15-9-14-10-16-17(12-14)11-13-5-3-2-4-6-13/h2-6,10,12,15H,7-9,11H2,1H3. The average Bonchev–Trinajstić information content (AvgIpc) is 2.83. The van der Waals surface area contributed by atoms with Gasteiger partial charge in [0.15, 0.2) is 0 Å². The van der Waals surface area contributed by atoms with Gasteiger partial charge in [-0.2, -0.15) is 5.10 Å². The van der Waals surface area contributed by atoms with E-state index in [-0.39, 0.29) is 0 Å². The maximum absolute atomic E-state index is 10.9. The first-order chi connectivity index (χ1) is 9.24. The van der Waals surface area contributed by atoms with Gasteiger partial charge in [-0.15, -0.1) is 0 Å². The predicted molar refractivity (Wildman–Crippen MR) is 78.4 cm³/mol. The fraction of sp³-hybridized carbons (Fsp3) is 0.357. The molecule has 1 aromatic heterocycles. The summed E-state index contributed by atoms with van der Waals surface area (Å²) in [5.41, 5.74) is 2.39. The van der Waals surface area contributed by atoms with E-state index in [0.717, 1.165) is 25.2 Å². The van der Waals surface area contributed by atoms with Crippen LogP contribution in [0.25, 0.3) is 0 Å². The molecule has 2 aromatic rings. The lowest BCUT2D eigenvalue weighted by molar-refractivity contribution is 0.674. The Hall–Kier alpha value is -1.46. The van der Waals surface area contributed by atoms with Gasteiger partial charge in [-0.05, 0) is 5.56 Å². The van der Waals surface area contributed by atoms with Crippen molar-refractivity contribution < 1.29 is 4.21 Å². The van der Waals surface area contributed by atoms with Crippen LogP contribution in [0.15, 0.2) is 42.7 Å². The van der Waals surface area contributed by atoms with E-state index in [0.29, 0.717) is 5.75 Å². The predicted octanol–water partition coefficient (Wildman–Crippen LogP) is 1.40. The van der Waals surface area contributed by atoms with Crippen LogP contribution in [0.2, 0.25) is 0 Å². The first-order valence-corrected chi connectivity index (χ1v) is 8.03. The van der Waals surface area contributed by atoms with Crippen molar-refractivity contribution in [1.82, 2.24) is 15.1 Å². The molecular weight excluding hydrogens is 258 g/mol. The van der Waals surface area contributed by atoms with Gasteiger partial charge in [-0.3, -0.25) is 8.89 Å². The molecule has 0 amide bonds. The largest absolute Gasteiger partial charge is 0.312 e. The Bertz CT molecular complexity index is 524. The molecule has 0 bridgehead atoms. The Kier molecular flexibility index (Phi) is 5.30. The lowest BCUT2D eigenvalue weighted by Gasteiger charge is -2.02. The van der Waals surface area contributed by atoms with Crippen molar-refractivity contribution in [1.29, 1.82) is 0 Å². The molecule has 0 fully saturated rings. The van der Waals surface area contributed by atoms with E-state index in [2.05, 4.69) is 22.5 Å². The smallest absolute Gasteiger partial charge is 0.0659 e. The van der Waals surface area contributed by atoms with Crippen molar-refractivity contribution in [2.24, 2.45) is 0 Å². The van der Waals surface area contributed by atoms with Gasteiger partial charge < -0.3 is 5.32 Å². The molecule has 1 N–H and O–H groups in total. The third-order valence-corrected chi connectivity index (χ3v) is 3.55. The van der Waals surface area contributed by atoms with Crippen LogP contribution in [0.3, 0.4) is 0 Å². The van der Waals surface area contributed by atoms with Crippen LogP contribution < -0.4 is 5.32 Å². The number of rotatable bonds is 7. The second-order valence-corrected chi connectivity index (χ2v) is 6.04. The maximum Gasteiger partial charge on any atom is 0.0659 e. The molecule has 2 rings (SSSR count). The average molecular weight is 277 g/mol. The third-order valence-electron chi connectivity index (χ3n) is 2.77. The number of benzene rings is 1. The van der Waals surface area contributed by atoms with Gasteiger partial charge in [0, 0.05) is 47.7 Å². The highest BCUT2D eigenvalue weighted by atomic mass is 32.2. The summed E-state index contributed by atoms with van der Waals surface area (Å²) in [6, 6.07) is 10.3. The molecular formula is C14H19N3OS. The summed E-state index contributed by atoms with van der Waals surface area (Å²) in [4.78, 5) is 0. The number of nitrogens with one attached hydrogen (secondary N) is 1. The first-order valence-electron chi connectivity index (χ1n) is 6.30. The summed E-state index contributed by atoms with van der Waals surface area (Å²) in [6.07, 6.45) is 5.64. The quantitative estimate of drug-likeness (QED) is 0.778. The number of aromatic nitrogens is 2. The van der Waals surface area contributed by atoms with Crippen LogP contribution in [0.4, 0.5) is 0 Å². The van der Waals surface area contributed by atoms with E-state index in [9.17, 15) is 4.21 Å². The normalized spacial score (nSPS) is 12.5. The summed E-state index contributed by atoms with van der Waals surface area (Å²) in [6.45, 7) is 2.33. The van der Waals surface area contributed by atoms with E-state index in [1.165, 1.54) is 5.56 Å².